The normalized spacial score (nSPS) is 21.8. The molecule has 1 atom stereocenters. The quantitative estimate of drug-likeness (QED) is 0.652. The van der Waals surface area contributed by atoms with Crippen molar-refractivity contribution in [2.24, 2.45) is 11.8 Å². The molecule has 17 heavy (non-hydrogen) atoms. The van der Waals surface area contributed by atoms with E-state index >= 15 is 0 Å². The first-order valence-electron chi connectivity index (χ1n) is 5.93. The number of halogens is 3. The summed E-state index contributed by atoms with van der Waals surface area (Å²) >= 11 is 0. The molecule has 0 heterocycles. The Labute approximate surface area is 101 Å². The van der Waals surface area contributed by atoms with E-state index in [1.54, 1.807) is 12.2 Å². The minimum absolute atomic E-state index is 0.0880. The molecule has 0 radical (unpaired) electrons. The Morgan fingerprint density at radius 1 is 1.47 bits per heavy atom. The summed E-state index contributed by atoms with van der Waals surface area (Å²) in [5, 5.41) is 0. The molecule has 0 amide bonds. The van der Waals surface area contributed by atoms with Gasteiger partial charge in [-0.2, -0.15) is 13.2 Å². The monoisotopic (exact) mass is 244 g/mol. The van der Waals surface area contributed by atoms with E-state index < -0.39 is 12.1 Å². The van der Waals surface area contributed by atoms with Gasteiger partial charge in [-0.3, -0.25) is 0 Å². The lowest BCUT2D eigenvalue weighted by molar-refractivity contribution is -0.165. The summed E-state index contributed by atoms with van der Waals surface area (Å²) < 4.78 is 39.0. The second-order valence-electron chi connectivity index (χ2n) is 4.71. The van der Waals surface area contributed by atoms with Crippen LogP contribution in [0.25, 0.3) is 0 Å². The Morgan fingerprint density at radius 2 is 2.06 bits per heavy atom. The van der Waals surface area contributed by atoms with Crippen molar-refractivity contribution >= 4 is 0 Å². The maximum atomic E-state index is 13.0. The van der Waals surface area contributed by atoms with E-state index in [2.05, 4.69) is 6.58 Å². The number of hydrogen-bond donors (Lipinski definition) is 0. The highest BCUT2D eigenvalue weighted by Gasteiger charge is 2.44. The molecule has 0 unspecified atom stereocenters. The van der Waals surface area contributed by atoms with Gasteiger partial charge in [0.25, 0.3) is 0 Å². The van der Waals surface area contributed by atoms with Crippen molar-refractivity contribution < 1.29 is 13.2 Å². The van der Waals surface area contributed by atoms with E-state index in [4.69, 9.17) is 0 Å². The molecule has 1 aliphatic rings. The summed E-state index contributed by atoms with van der Waals surface area (Å²) in [6.07, 6.45) is -0.0731. The minimum Gasteiger partial charge on any atom is -0.170 e. The van der Waals surface area contributed by atoms with E-state index in [9.17, 15) is 13.2 Å². The molecule has 0 aliphatic heterocycles. The largest absolute Gasteiger partial charge is 0.395 e. The topological polar surface area (TPSA) is 0 Å². The van der Waals surface area contributed by atoms with Crippen LogP contribution in [0.2, 0.25) is 0 Å². The van der Waals surface area contributed by atoms with Crippen LogP contribution in [-0.4, -0.2) is 6.18 Å². The summed E-state index contributed by atoms with van der Waals surface area (Å²) in [6, 6.07) is 0. The van der Waals surface area contributed by atoms with Crippen LogP contribution in [0.5, 0.6) is 0 Å². The Bertz CT molecular complexity index is 356. The summed E-state index contributed by atoms with van der Waals surface area (Å²) in [7, 11) is 0. The zero-order chi connectivity index (χ0) is 13.2. The van der Waals surface area contributed by atoms with Crippen molar-refractivity contribution in [2.75, 3.05) is 0 Å². The van der Waals surface area contributed by atoms with Crippen LogP contribution in [0.1, 0.15) is 33.6 Å². The van der Waals surface area contributed by atoms with Gasteiger partial charge in [-0.1, -0.05) is 50.6 Å². The van der Waals surface area contributed by atoms with Crippen molar-refractivity contribution in [3.05, 3.63) is 35.5 Å². The second-order valence-corrected chi connectivity index (χ2v) is 4.71. The second kappa shape index (κ2) is 5.11. The fourth-order valence-corrected chi connectivity index (χ4v) is 2.29. The Morgan fingerprint density at radius 3 is 2.41 bits per heavy atom. The number of alkyl halides is 3. The molecule has 0 aromatic heterocycles. The lowest BCUT2D eigenvalue weighted by Gasteiger charge is -2.31. The van der Waals surface area contributed by atoms with Gasteiger partial charge in [-0.05, 0) is 24.3 Å². The molecular formula is C14H19F3. The molecule has 0 aromatic carbocycles. The molecular weight excluding hydrogens is 225 g/mol. The highest BCUT2D eigenvalue weighted by molar-refractivity contribution is 5.42. The molecule has 0 fully saturated rings. The molecule has 0 bridgehead atoms. The maximum absolute atomic E-state index is 13.0. The predicted octanol–water partition coefficient (Wildman–Crippen LogP) is 5.04. The number of allylic oxidation sites excluding steroid dienone is 5. The molecule has 0 nitrogen and oxygen atoms in total. The van der Waals surface area contributed by atoms with Crippen molar-refractivity contribution in [3.8, 4) is 0 Å². The van der Waals surface area contributed by atoms with Crippen LogP contribution in [0.4, 0.5) is 13.2 Å². The van der Waals surface area contributed by atoms with Crippen molar-refractivity contribution in [1.82, 2.24) is 0 Å². The van der Waals surface area contributed by atoms with Gasteiger partial charge >= 0.3 is 6.18 Å². The molecule has 0 saturated carbocycles. The van der Waals surface area contributed by atoms with Crippen LogP contribution >= 0.6 is 0 Å². The van der Waals surface area contributed by atoms with E-state index in [0.29, 0.717) is 12.0 Å². The lowest BCUT2D eigenvalue weighted by atomic mass is 9.78. The fourth-order valence-electron chi connectivity index (χ4n) is 2.29. The first-order valence-corrected chi connectivity index (χ1v) is 5.93. The third-order valence-electron chi connectivity index (χ3n) is 3.29. The van der Waals surface area contributed by atoms with Crippen LogP contribution < -0.4 is 0 Å². The molecule has 1 rings (SSSR count). The zero-order valence-electron chi connectivity index (χ0n) is 10.6. The average molecular weight is 244 g/mol. The molecule has 3 heteroatoms. The first kappa shape index (κ1) is 14.1. The maximum Gasteiger partial charge on any atom is 0.395 e. The van der Waals surface area contributed by atoms with Crippen LogP contribution in [-0.2, 0) is 0 Å². The van der Waals surface area contributed by atoms with Gasteiger partial charge in [0.1, 0.15) is 0 Å². The van der Waals surface area contributed by atoms with E-state index in [-0.39, 0.29) is 12.3 Å². The molecule has 0 spiro atoms. The highest BCUT2D eigenvalue weighted by atomic mass is 19.4. The van der Waals surface area contributed by atoms with Gasteiger partial charge in [-0.25, -0.2) is 0 Å². The van der Waals surface area contributed by atoms with Crippen molar-refractivity contribution in [1.29, 1.82) is 0 Å². The Kier molecular flexibility index (Phi) is 4.23. The third-order valence-corrected chi connectivity index (χ3v) is 3.29. The van der Waals surface area contributed by atoms with Gasteiger partial charge in [0.2, 0.25) is 0 Å². The lowest BCUT2D eigenvalue weighted by Crippen LogP contribution is -2.29. The molecule has 0 saturated heterocycles. The summed E-state index contributed by atoms with van der Waals surface area (Å²) in [5.74, 6) is -1.41. The molecule has 1 aliphatic carbocycles. The van der Waals surface area contributed by atoms with Crippen LogP contribution in [0.3, 0.4) is 0 Å². The fraction of sp³-hybridized carbons (Fsp3) is 0.571. The molecule has 0 aromatic rings. The van der Waals surface area contributed by atoms with Crippen molar-refractivity contribution in [3.63, 3.8) is 0 Å². The van der Waals surface area contributed by atoms with E-state index in [1.165, 1.54) is 0 Å². The van der Waals surface area contributed by atoms with Gasteiger partial charge in [0.05, 0.1) is 5.92 Å². The Hall–Kier alpha value is -0.990. The third kappa shape index (κ3) is 3.02. The van der Waals surface area contributed by atoms with E-state index in [0.717, 1.165) is 11.1 Å². The summed E-state index contributed by atoms with van der Waals surface area (Å²) in [4.78, 5) is 0. The zero-order valence-corrected chi connectivity index (χ0v) is 10.6. The van der Waals surface area contributed by atoms with Crippen LogP contribution in [0, 0.1) is 11.8 Å². The average Bonchev–Trinajstić information content (AvgIpc) is 2.25. The molecule has 96 valence electrons. The SMILES string of the molecule is C=CC1=C(CC)C[C@H](C(F)(F)F)C(C(C)C)=C1. The van der Waals surface area contributed by atoms with E-state index in [1.807, 2.05) is 20.8 Å². The van der Waals surface area contributed by atoms with Gasteiger partial charge < -0.3 is 0 Å². The highest BCUT2D eigenvalue weighted by Crippen LogP contribution is 2.43. The number of hydrogen-bond acceptors (Lipinski definition) is 0. The smallest absolute Gasteiger partial charge is 0.170 e. The predicted molar refractivity (Wildman–Crippen MR) is 64.6 cm³/mol. The molecule has 0 N–H and O–H groups in total. The van der Waals surface area contributed by atoms with Crippen molar-refractivity contribution in [2.45, 2.75) is 39.8 Å². The van der Waals surface area contributed by atoms with Gasteiger partial charge in [0, 0.05) is 0 Å². The first-order chi connectivity index (χ1) is 7.81. The summed E-state index contributed by atoms with van der Waals surface area (Å²) in [5.41, 5.74) is 2.20. The Balaban J connectivity index is 3.20. The number of rotatable bonds is 3. The standard InChI is InChI=1S/C14H19F3/c1-5-10-7-12(9(3)4)13(14(15,16)17)8-11(10)6-2/h5,7,9,13H,1,6,8H2,2-4H3/t13-/m0/s1. The van der Waals surface area contributed by atoms with Gasteiger partial charge in [0.15, 0.2) is 0 Å². The summed E-state index contributed by atoms with van der Waals surface area (Å²) in [6.45, 7) is 9.18. The van der Waals surface area contributed by atoms with Gasteiger partial charge in [-0.15, -0.1) is 0 Å². The minimum atomic E-state index is -4.15. The van der Waals surface area contributed by atoms with Crippen LogP contribution in [0.15, 0.2) is 35.5 Å².